The second-order valence-corrected chi connectivity index (χ2v) is 7.95. The summed E-state index contributed by atoms with van der Waals surface area (Å²) < 4.78 is 6.70. The van der Waals surface area contributed by atoms with Gasteiger partial charge in [-0.1, -0.05) is 47.6 Å². The third-order valence-electron chi connectivity index (χ3n) is 3.84. The molecule has 29 heavy (non-hydrogen) atoms. The minimum absolute atomic E-state index is 0.107. The number of aromatic nitrogens is 3. The molecule has 3 aromatic rings. The number of amides is 1. The van der Waals surface area contributed by atoms with Gasteiger partial charge in [-0.2, -0.15) is 0 Å². The Hall–Kier alpha value is -2.62. The molecule has 3 rings (SSSR count). The number of thioether (sulfide) groups is 1. The minimum Gasteiger partial charge on any atom is -0.465 e. The van der Waals surface area contributed by atoms with Crippen molar-refractivity contribution in [2.24, 2.45) is 0 Å². The second kappa shape index (κ2) is 9.73. The zero-order chi connectivity index (χ0) is 20.8. The Balaban J connectivity index is 1.79. The molecule has 0 unspecified atom stereocenters. The Bertz CT molecular complexity index is 1050. The summed E-state index contributed by atoms with van der Waals surface area (Å²) in [4.78, 5) is 24.9. The van der Waals surface area contributed by atoms with Crippen LogP contribution in [0.5, 0.6) is 0 Å². The van der Waals surface area contributed by atoms with Crippen LogP contribution in [0.15, 0.2) is 53.8 Å². The van der Waals surface area contributed by atoms with Crippen LogP contribution in [0.2, 0.25) is 5.02 Å². The lowest BCUT2D eigenvalue weighted by Crippen LogP contribution is -2.16. The van der Waals surface area contributed by atoms with Crippen LogP contribution in [-0.2, 0) is 16.1 Å². The molecule has 0 fully saturated rings. The number of methoxy groups -OCH3 is 1. The van der Waals surface area contributed by atoms with E-state index in [9.17, 15) is 9.59 Å². The molecule has 150 valence electrons. The molecule has 10 heteroatoms. The van der Waals surface area contributed by atoms with Gasteiger partial charge in [-0.15, -0.1) is 28.1 Å². The molecule has 0 bridgehead atoms. The van der Waals surface area contributed by atoms with Crippen LogP contribution < -0.4 is 5.32 Å². The molecule has 0 aliphatic rings. The van der Waals surface area contributed by atoms with E-state index in [2.05, 4.69) is 22.1 Å². The number of ether oxygens (including phenoxy) is 1. The highest BCUT2D eigenvalue weighted by Crippen LogP contribution is 2.39. The number of nitrogens with zero attached hydrogens (tertiary/aromatic N) is 3. The number of nitrogens with one attached hydrogen (secondary N) is 1. The van der Waals surface area contributed by atoms with E-state index in [1.807, 2.05) is 12.1 Å². The van der Waals surface area contributed by atoms with Gasteiger partial charge in [-0.25, -0.2) is 4.79 Å². The van der Waals surface area contributed by atoms with Crippen molar-refractivity contribution in [2.45, 2.75) is 11.7 Å². The molecular weight excluding hydrogens is 432 g/mol. The molecule has 0 aliphatic heterocycles. The molecule has 7 nitrogen and oxygen atoms in total. The highest BCUT2D eigenvalue weighted by Gasteiger charge is 2.23. The van der Waals surface area contributed by atoms with Gasteiger partial charge in [0, 0.05) is 28.1 Å². The first-order chi connectivity index (χ1) is 14.0. The fraction of sp³-hybridized carbons (Fsp3) is 0.158. The van der Waals surface area contributed by atoms with Crippen molar-refractivity contribution >= 4 is 51.6 Å². The number of carbonyl (C=O) groups excluding carboxylic acids is 2. The lowest BCUT2D eigenvalue weighted by atomic mass is 10.0. The van der Waals surface area contributed by atoms with Crippen molar-refractivity contribution in [1.82, 2.24) is 14.8 Å². The second-order valence-electron chi connectivity index (χ2n) is 5.72. The number of hydrogen-bond donors (Lipinski definition) is 1. The molecule has 0 saturated carbocycles. The predicted octanol–water partition coefficient (Wildman–Crippen LogP) is 4.36. The maximum atomic E-state index is 12.5. The van der Waals surface area contributed by atoms with Crippen molar-refractivity contribution in [2.75, 3.05) is 18.2 Å². The molecule has 0 radical (unpaired) electrons. The molecule has 2 heterocycles. The third kappa shape index (κ3) is 4.87. The van der Waals surface area contributed by atoms with Crippen molar-refractivity contribution in [3.8, 4) is 11.1 Å². The van der Waals surface area contributed by atoms with Gasteiger partial charge in [0.05, 0.1) is 12.9 Å². The van der Waals surface area contributed by atoms with Crippen LogP contribution in [0, 0.1) is 0 Å². The lowest BCUT2D eigenvalue weighted by molar-refractivity contribution is -0.113. The van der Waals surface area contributed by atoms with Gasteiger partial charge in [0.1, 0.15) is 16.9 Å². The monoisotopic (exact) mass is 448 g/mol. The summed E-state index contributed by atoms with van der Waals surface area (Å²) in [5.74, 6) is -0.716. The van der Waals surface area contributed by atoms with Gasteiger partial charge in [0.15, 0.2) is 5.16 Å². The van der Waals surface area contributed by atoms with E-state index in [0.29, 0.717) is 32.9 Å². The molecule has 1 amide bonds. The Morgan fingerprint density at radius 2 is 2.17 bits per heavy atom. The zero-order valence-corrected chi connectivity index (χ0v) is 17.8. The lowest BCUT2D eigenvalue weighted by Gasteiger charge is -2.09. The van der Waals surface area contributed by atoms with Gasteiger partial charge in [-0.05, 0) is 6.07 Å². The van der Waals surface area contributed by atoms with Crippen molar-refractivity contribution < 1.29 is 14.3 Å². The average molecular weight is 449 g/mol. The first-order valence-corrected chi connectivity index (χ1v) is 10.7. The Labute approximate surface area is 180 Å². The molecule has 2 aromatic heterocycles. The van der Waals surface area contributed by atoms with Crippen LogP contribution in [0.1, 0.15) is 10.4 Å². The fourth-order valence-electron chi connectivity index (χ4n) is 2.55. The quantitative estimate of drug-likeness (QED) is 0.313. The molecule has 0 spiro atoms. The SMILES string of the molecule is C=CCn1cnnc1SCC(=O)Nc1scc(-c2ccccc2Cl)c1C(=O)OC. The van der Waals surface area contributed by atoms with E-state index < -0.39 is 5.97 Å². The van der Waals surface area contributed by atoms with Crippen LogP contribution in [0.4, 0.5) is 5.00 Å². The van der Waals surface area contributed by atoms with Gasteiger partial charge in [0.2, 0.25) is 5.91 Å². The van der Waals surface area contributed by atoms with Crippen molar-refractivity contribution in [1.29, 1.82) is 0 Å². The normalized spacial score (nSPS) is 10.6. The topological polar surface area (TPSA) is 86.1 Å². The van der Waals surface area contributed by atoms with Crippen LogP contribution >= 0.6 is 34.7 Å². The zero-order valence-electron chi connectivity index (χ0n) is 15.4. The Morgan fingerprint density at radius 1 is 1.38 bits per heavy atom. The van der Waals surface area contributed by atoms with E-state index in [4.69, 9.17) is 16.3 Å². The van der Waals surface area contributed by atoms with Crippen molar-refractivity contribution in [3.63, 3.8) is 0 Å². The number of halogens is 1. The van der Waals surface area contributed by atoms with Gasteiger partial charge >= 0.3 is 5.97 Å². The number of hydrogen-bond acceptors (Lipinski definition) is 7. The molecule has 1 N–H and O–H groups in total. The van der Waals surface area contributed by atoms with Crippen molar-refractivity contribution in [3.05, 3.63) is 59.2 Å². The highest BCUT2D eigenvalue weighted by atomic mass is 35.5. The summed E-state index contributed by atoms with van der Waals surface area (Å²) in [7, 11) is 1.30. The molecule has 1 aromatic carbocycles. The molecule has 0 saturated heterocycles. The smallest absolute Gasteiger partial charge is 0.341 e. The molecular formula is C19H17ClN4O3S2. The molecule has 0 aliphatic carbocycles. The number of allylic oxidation sites excluding steroid dienone is 1. The number of esters is 1. The standard InChI is InChI=1S/C19H17ClN4O3S2/c1-3-8-24-11-21-23-19(24)29-10-15(25)22-17-16(18(26)27-2)13(9-28-17)12-6-4-5-7-14(12)20/h3-7,9,11H,1,8,10H2,2H3,(H,22,25). The summed E-state index contributed by atoms with van der Waals surface area (Å²) in [6.45, 7) is 4.23. The van der Waals surface area contributed by atoms with Crippen LogP contribution in [-0.4, -0.2) is 39.5 Å². The number of benzene rings is 1. The van der Waals surface area contributed by atoms with E-state index >= 15 is 0 Å². The number of carbonyl (C=O) groups is 2. The number of thiophene rings is 1. The average Bonchev–Trinajstić information content (AvgIpc) is 3.33. The van der Waals surface area contributed by atoms with E-state index in [1.165, 1.54) is 30.2 Å². The largest absolute Gasteiger partial charge is 0.465 e. The number of rotatable bonds is 8. The first kappa shape index (κ1) is 21.1. The minimum atomic E-state index is -0.546. The maximum absolute atomic E-state index is 12.5. The van der Waals surface area contributed by atoms with E-state index in [1.54, 1.807) is 34.5 Å². The first-order valence-electron chi connectivity index (χ1n) is 8.41. The predicted molar refractivity (Wildman–Crippen MR) is 116 cm³/mol. The molecule has 0 atom stereocenters. The number of anilines is 1. The summed E-state index contributed by atoms with van der Waals surface area (Å²) >= 11 is 8.76. The van der Waals surface area contributed by atoms with Gasteiger partial charge in [-0.3, -0.25) is 4.79 Å². The van der Waals surface area contributed by atoms with E-state index in [-0.39, 0.29) is 17.2 Å². The Kier molecular flexibility index (Phi) is 7.08. The summed E-state index contributed by atoms with van der Waals surface area (Å²) in [5, 5.41) is 13.9. The summed E-state index contributed by atoms with van der Waals surface area (Å²) in [5.41, 5.74) is 1.58. The Morgan fingerprint density at radius 3 is 2.90 bits per heavy atom. The van der Waals surface area contributed by atoms with Gasteiger partial charge < -0.3 is 14.6 Å². The van der Waals surface area contributed by atoms with E-state index in [0.717, 1.165) is 0 Å². The highest BCUT2D eigenvalue weighted by molar-refractivity contribution is 7.99. The fourth-order valence-corrected chi connectivity index (χ4v) is 4.47. The maximum Gasteiger partial charge on any atom is 0.341 e. The van der Waals surface area contributed by atoms with Crippen LogP contribution in [0.3, 0.4) is 0 Å². The summed E-state index contributed by atoms with van der Waals surface area (Å²) in [6.07, 6.45) is 3.30. The van der Waals surface area contributed by atoms with Gasteiger partial charge in [0.25, 0.3) is 0 Å². The van der Waals surface area contributed by atoms with Crippen LogP contribution in [0.25, 0.3) is 11.1 Å². The summed E-state index contributed by atoms with van der Waals surface area (Å²) in [6, 6.07) is 7.18. The third-order valence-corrected chi connectivity index (χ3v) is 6.04.